The average Bonchev–Trinajstić information content (AvgIpc) is 4.12. The first kappa shape index (κ1) is 63.9. The lowest BCUT2D eigenvalue weighted by molar-refractivity contribution is -0.146. The summed E-state index contributed by atoms with van der Waals surface area (Å²) in [5.74, 6) is -13.2. The number of aliphatic carboxylic acids is 3. The number of carbonyl (C=O) groups excluding carboxylic acids is 9. The Morgan fingerprint density at radius 3 is 1.96 bits per heavy atom. The number of carboxylic acid groups (broad SMARTS) is 3. The largest absolute Gasteiger partial charge is 0.508 e. The number of phenolic OH excluding ortho intramolecular Hbond substituents is 1. The normalized spacial score (nSPS) is 16.0. The van der Waals surface area contributed by atoms with Crippen LogP contribution in [0.5, 0.6) is 5.75 Å². The maximum absolute atomic E-state index is 13.9. The lowest BCUT2D eigenvalue weighted by Crippen LogP contribution is -2.59. The molecule has 17 N–H and O–H groups in total. The van der Waals surface area contributed by atoms with Gasteiger partial charge >= 0.3 is 17.9 Å². The van der Waals surface area contributed by atoms with Crippen molar-refractivity contribution in [2.45, 2.75) is 133 Å². The number of rotatable bonds is 32. The molecule has 1 aromatic heterocycles. The molecule has 0 spiro atoms. The zero-order valence-corrected chi connectivity index (χ0v) is 44.6. The Morgan fingerprint density at radius 2 is 1.31 bits per heavy atom. The number of carboxylic acids is 3. The van der Waals surface area contributed by atoms with E-state index in [-0.39, 0.29) is 44.4 Å². The third-order valence-electron chi connectivity index (χ3n) is 13.3. The van der Waals surface area contributed by atoms with Gasteiger partial charge in [-0.05, 0) is 87.2 Å². The van der Waals surface area contributed by atoms with Crippen molar-refractivity contribution in [2.75, 3.05) is 26.2 Å². The van der Waals surface area contributed by atoms with Gasteiger partial charge in [-0.3, -0.25) is 52.7 Å². The van der Waals surface area contributed by atoms with Crippen LogP contribution in [0.15, 0.2) is 54.7 Å². The quantitative estimate of drug-likeness (QED) is 0.0284. The van der Waals surface area contributed by atoms with Gasteiger partial charge in [0.05, 0.1) is 32.0 Å². The minimum Gasteiger partial charge on any atom is -0.508 e. The van der Waals surface area contributed by atoms with E-state index < -0.39 is 151 Å². The van der Waals surface area contributed by atoms with Crippen LogP contribution in [-0.2, 0) is 70.4 Å². The molecule has 2 aromatic carbocycles. The molecule has 2 heterocycles. The van der Waals surface area contributed by atoms with Gasteiger partial charge in [-0.2, -0.15) is 0 Å². The van der Waals surface area contributed by atoms with Gasteiger partial charge in [0.15, 0.2) is 0 Å². The fourth-order valence-corrected chi connectivity index (χ4v) is 8.66. The van der Waals surface area contributed by atoms with Crippen LogP contribution < -0.4 is 54.0 Å². The van der Waals surface area contributed by atoms with E-state index in [1.165, 1.54) is 31.2 Å². The van der Waals surface area contributed by atoms with E-state index in [1.807, 2.05) is 18.2 Å². The third-order valence-corrected chi connectivity index (χ3v) is 13.3. The van der Waals surface area contributed by atoms with Crippen molar-refractivity contribution >= 4 is 82.0 Å². The Morgan fingerprint density at radius 1 is 0.688 bits per heavy atom. The minimum atomic E-state index is -1.88. The van der Waals surface area contributed by atoms with Crippen molar-refractivity contribution in [1.82, 2.24) is 52.4 Å². The number of nitrogens with one attached hydrogen (secondary N) is 9. The molecule has 0 unspecified atom stereocenters. The van der Waals surface area contributed by atoms with Gasteiger partial charge in [0.2, 0.25) is 53.2 Å². The van der Waals surface area contributed by atoms with Gasteiger partial charge < -0.3 is 84.3 Å². The van der Waals surface area contributed by atoms with Gasteiger partial charge in [0, 0.05) is 30.1 Å². The smallest absolute Gasteiger partial charge is 0.326 e. The Hall–Kier alpha value is -8.66. The second kappa shape index (κ2) is 31.1. The third kappa shape index (κ3) is 19.7. The highest BCUT2D eigenvalue weighted by molar-refractivity contribution is 5.99. The van der Waals surface area contributed by atoms with Crippen LogP contribution >= 0.6 is 0 Å². The predicted octanol–water partition coefficient (Wildman–Crippen LogP) is -2.65. The number of para-hydroxylation sites is 1. The number of hydrogen-bond donors (Lipinski definition) is 15. The first-order valence-corrected chi connectivity index (χ1v) is 26.0. The number of aromatic amines is 1. The molecule has 3 aromatic rings. The Kier molecular flexibility index (Phi) is 24.8. The highest BCUT2D eigenvalue weighted by Crippen LogP contribution is 2.22. The van der Waals surface area contributed by atoms with Crippen molar-refractivity contribution in [3.63, 3.8) is 0 Å². The molecule has 28 heteroatoms. The molecule has 0 bridgehead atoms. The van der Waals surface area contributed by atoms with Crippen molar-refractivity contribution in [2.24, 2.45) is 17.4 Å². The number of amides is 9. The lowest BCUT2D eigenvalue weighted by atomic mass is 9.97. The maximum Gasteiger partial charge on any atom is 0.326 e. The summed E-state index contributed by atoms with van der Waals surface area (Å²) < 4.78 is 0. The predicted molar refractivity (Wildman–Crippen MR) is 284 cm³/mol. The summed E-state index contributed by atoms with van der Waals surface area (Å²) >= 11 is 0. The second-order valence-electron chi connectivity index (χ2n) is 19.4. The number of aromatic nitrogens is 1. The number of phenols is 1. The standard InChI is InChI=1S/C52H72N12O16/c1-4-27(2)44(50(77)59-35(52(79)80)12-7-8-18-53)63-41(67)26-56-40(66)25-57-47(74)36(20-29-14-16-31(65)17-15-29)61-48(75)37(22-42(68)69)60-45(72)28(3)58-49(76)39-13-9-19-64(39)51(78)38(23-43(70)71)62-46(73)33(54)21-30-24-55-34-11-6-5-10-32(30)34/h5-6,10-11,14-17,24,27-28,33,35-39,44,55,65H,4,7-9,12-13,18-23,25-26,53-54H2,1-3H3,(H,56,66)(H,57,74)(H,58,76)(H,59,77)(H,60,72)(H,61,75)(H,62,73)(H,63,67)(H,68,69)(H,70,71)(H,79,80)/t27-,28-,33-,35-,36-,37+,38-,39-,44-/m0/s1. The summed E-state index contributed by atoms with van der Waals surface area (Å²) in [6, 6.07) is 1.25. The highest BCUT2D eigenvalue weighted by Gasteiger charge is 2.40. The second-order valence-corrected chi connectivity index (χ2v) is 19.4. The number of nitrogens with two attached hydrogens (primary N) is 2. The van der Waals surface area contributed by atoms with Crippen LogP contribution in [0.4, 0.5) is 0 Å². The summed E-state index contributed by atoms with van der Waals surface area (Å²) in [6.07, 6.45) is 1.35. The molecule has 0 saturated carbocycles. The summed E-state index contributed by atoms with van der Waals surface area (Å²) in [5.41, 5.74) is 13.6. The Balaban J connectivity index is 1.38. The summed E-state index contributed by atoms with van der Waals surface area (Å²) in [7, 11) is 0. The van der Waals surface area contributed by atoms with Gasteiger partial charge in [-0.15, -0.1) is 0 Å². The molecule has 0 aliphatic carbocycles. The zero-order chi connectivity index (χ0) is 59.2. The fraction of sp³-hybridized carbons (Fsp3) is 0.500. The Bertz CT molecular complexity index is 2720. The molecular formula is C52H72N12O16. The van der Waals surface area contributed by atoms with Crippen molar-refractivity contribution in [1.29, 1.82) is 0 Å². The van der Waals surface area contributed by atoms with Crippen molar-refractivity contribution in [3.8, 4) is 5.75 Å². The number of fused-ring (bicyclic) bond motifs is 1. The van der Waals surface area contributed by atoms with E-state index >= 15 is 0 Å². The number of likely N-dealkylation sites (tertiary alicyclic amines) is 1. The van der Waals surface area contributed by atoms with E-state index in [4.69, 9.17) is 11.5 Å². The molecule has 1 saturated heterocycles. The summed E-state index contributed by atoms with van der Waals surface area (Å²) in [6.45, 7) is 3.47. The number of nitrogens with zero attached hydrogens (tertiary/aromatic N) is 1. The first-order chi connectivity index (χ1) is 37.9. The number of aromatic hydroxyl groups is 1. The number of hydrogen-bond acceptors (Lipinski definition) is 15. The summed E-state index contributed by atoms with van der Waals surface area (Å²) in [5, 5.41) is 58.7. The molecule has 9 atom stereocenters. The van der Waals surface area contributed by atoms with Gasteiger partial charge in [0.25, 0.3) is 0 Å². The van der Waals surface area contributed by atoms with Gasteiger partial charge in [0.1, 0.15) is 48.0 Å². The molecule has 436 valence electrons. The van der Waals surface area contributed by atoms with E-state index in [0.29, 0.717) is 36.9 Å². The Labute approximate surface area is 459 Å². The highest BCUT2D eigenvalue weighted by atomic mass is 16.4. The van der Waals surface area contributed by atoms with E-state index in [1.54, 1.807) is 26.1 Å². The molecule has 4 rings (SSSR count). The average molecular weight is 1120 g/mol. The molecule has 28 nitrogen and oxygen atoms in total. The monoisotopic (exact) mass is 1120 g/mol. The van der Waals surface area contributed by atoms with Crippen molar-refractivity contribution < 1.29 is 78.0 Å². The van der Waals surface area contributed by atoms with Crippen LogP contribution in [-0.4, -0.2) is 176 Å². The summed E-state index contributed by atoms with van der Waals surface area (Å²) in [4.78, 5) is 161. The van der Waals surface area contributed by atoms with Crippen molar-refractivity contribution in [3.05, 3.63) is 65.9 Å². The molecular weight excluding hydrogens is 1050 g/mol. The van der Waals surface area contributed by atoms with E-state index in [2.05, 4.69) is 47.5 Å². The molecule has 9 amide bonds. The van der Waals surface area contributed by atoms with E-state index in [0.717, 1.165) is 15.8 Å². The van der Waals surface area contributed by atoms with Gasteiger partial charge in [-0.25, -0.2) is 4.79 Å². The van der Waals surface area contributed by atoms with Crippen LogP contribution in [0.2, 0.25) is 0 Å². The first-order valence-electron chi connectivity index (χ1n) is 26.0. The molecule has 1 fully saturated rings. The SMILES string of the molecule is CC[C@H](C)[C@H](NC(=O)CNC(=O)CNC(=O)[C@H](Cc1ccc(O)cc1)NC(=O)[C@@H](CC(=O)O)NC(=O)[C@H](C)NC(=O)[C@@H]1CCCN1C(=O)[C@H](CC(=O)O)NC(=O)[C@@H](N)Cc1c[nH]c2ccccc12)C(=O)N[C@@H](CCCCN)C(=O)O. The van der Waals surface area contributed by atoms with Crippen LogP contribution in [0, 0.1) is 5.92 Å². The van der Waals surface area contributed by atoms with Crippen LogP contribution in [0.25, 0.3) is 10.9 Å². The maximum atomic E-state index is 13.9. The lowest BCUT2D eigenvalue weighted by Gasteiger charge is -2.29. The molecule has 1 aliphatic rings. The topological polar surface area (TPSA) is 453 Å². The number of carbonyl (C=O) groups is 12. The van der Waals surface area contributed by atoms with Crippen LogP contribution in [0.1, 0.15) is 83.3 Å². The fourth-order valence-electron chi connectivity index (χ4n) is 8.66. The number of unbranched alkanes of at least 4 members (excludes halogenated alkanes) is 1. The van der Waals surface area contributed by atoms with Crippen LogP contribution in [0.3, 0.4) is 0 Å². The zero-order valence-electron chi connectivity index (χ0n) is 44.6. The number of benzene rings is 2. The van der Waals surface area contributed by atoms with Gasteiger partial charge in [-0.1, -0.05) is 50.6 Å². The van der Waals surface area contributed by atoms with E-state index in [9.17, 15) is 78.0 Å². The molecule has 0 radical (unpaired) electrons. The number of H-pyrrole nitrogens is 1. The molecule has 1 aliphatic heterocycles. The molecule has 80 heavy (non-hydrogen) atoms. The minimum absolute atomic E-state index is 0.0251.